The van der Waals surface area contributed by atoms with Gasteiger partial charge in [-0.3, -0.25) is 9.59 Å². The number of halogens is 1. The van der Waals surface area contributed by atoms with Crippen molar-refractivity contribution in [1.82, 2.24) is 14.8 Å². The number of carbonyl (C=O) groups excluding carboxylic acids is 2. The molecule has 0 unspecified atom stereocenters. The molecule has 1 aliphatic heterocycles. The number of amides is 2. The maximum atomic E-state index is 13.0. The van der Waals surface area contributed by atoms with Gasteiger partial charge < -0.3 is 9.80 Å². The number of piperazine rings is 1. The van der Waals surface area contributed by atoms with E-state index in [0.717, 1.165) is 20.1 Å². The fourth-order valence-electron chi connectivity index (χ4n) is 3.59. The summed E-state index contributed by atoms with van der Waals surface area (Å²) >= 11 is 9.01. The summed E-state index contributed by atoms with van der Waals surface area (Å²) in [5.41, 5.74) is 1.59. The largest absolute Gasteiger partial charge is 0.335 e. The maximum absolute atomic E-state index is 13.0. The van der Waals surface area contributed by atoms with Crippen LogP contribution in [0.2, 0.25) is 5.02 Å². The Morgan fingerprint density at radius 3 is 2.19 bits per heavy atom. The van der Waals surface area contributed by atoms with Gasteiger partial charge in [0.1, 0.15) is 5.01 Å². The van der Waals surface area contributed by atoms with E-state index in [1.807, 2.05) is 35.2 Å². The molecule has 156 valence electrons. The van der Waals surface area contributed by atoms with Gasteiger partial charge in [-0.25, -0.2) is 4.98 Å². The van der Waals surface area contributed by atoms with E-state index in [4.69, 9.17) is 11.6 Å². The van der Waals surface area contributed by atoms with Gasteiger partial charge in [0.05, 0.1) is 20.0 Å². The van der Waals surface area contributed by atoms with Crippen LogP contribution in [0.5, 0.6) is 0 Å². The monoisotopic (exact) mass is 467 g/mol. The third kappa shape index (κ3) is 4.08. The summed E-state index contributed by atoms with van der Waals surface area (Å²) in [6.45, 7) is 2.08. The molecule has 2 aromatic carbocycles. The van der Waals surface area contributed by atoms with E-state index in [2.05, 4.69) is 11.1 Å². The quantitative estimate of drug-likeness (QED) is 0.412. The van der Waals surface area contributed by atoms with Crippen LogP contribution in [0.1, 0.15) is 20.0 Å². The molecule has 0 N–H and O–H groups in total. The number of benzene rings is 2. The molecule has 0 aliphatic carbocycles. The van der Waals surface area contributed by atoms with Gasteiger partial charge in [0, 0.05) is 36.8 Å². The van der Waals surface area contributed by atoms with Crippen molar-refractivity contribution in [3.05, 3.63) is 76.1 Å². The molecule has 5 nitrogen and oxygen atoms in total. The summed E-state index contributed by atoms with van der Waals surface area (Å²) in [5.74, 6) is -0.0195. The van der Waals surface area contributed by atoms with Crippen LogP contribution >= 0.6 is 34.3 Å². The zero-order valence-electron chi connectivity index (χ0n) is 16.5. The predicted molar refractivity (Wildman–Crippen MR) is 126 cm³/mol. The number of carbonyl (C=O) groups is 2. The molecule has 2 amide bonds. The molecule has 0 bridgehead atoms. The van der Waals surface area contributed by atoms with Gasteiger partial charge in [-0.15, -0.1) is 22.7 Å². The van der Waals surface area contributed by atoms with Crippen LogP contribution in [0.15, 0.2) is 60.7 Å². The smallest absolute Gasteiger partial charge is 0.264 e. The van der Waals surface area contributed by atoms with E-state index in [1.165, 1.54) is 11.3 Å². The number of para-hydroxylation sites is 1. The SMILES string of the molecule is O=C(c1ccc(Cl)cc1)N1CCN(C(=O)c2ccc(-c3nc4ccccc4s3)s2)CC1. The van der Waals surface area contributed by atoms with Crippen molar-refractivity contribution in [3.63, 3.8) is 0 Å². The average molecular weight is 468 g/mol. The summed E-state index contributed by atoms with van der Waals surface area (Å²) < 4.78 is 1.14. The van der Waals surface area contributed by atoms with Crippen molar-refractivity contribution in [2.75, 3.05) is 26.2 Å². The summed E-state index contributed by atoms with van der Waals surface area (Å²) in [7, 11) is 0. The minimum atomic E-state index is -0.0296. The summed E-state index contributed by atoms with van der Waals surface area (Å²) in [4.78, 5) is 35.7. The van der Waals surface area contributed by atoms with E-state index in [-0.39, 0.29) is 11.8 Å². The molecule has 31 heavy (non-hydrogen) atoms. The molecule has 4 aromatic rings. The normalized spacial score (nSPS) is 14.2. The van der Waals surface area contributed by atoms with E-state index in [9.17, 15) is 9.59 Å². The zero-order valence-corrected chi connectivity index (χ0v) is 18.8. The van der Waals surface area contributed by atoms with Crippen LogP contribution < -0.4 is 0 Å². The lowest BCUT2D eigenvalue weighted by molar-refractivity contribution is 0.0538. The molecule has 8 heteroatoms. The molecule has 0 radical (unpaired) electrons. The summed E-state index contributed by atoms with van der Waals surface area (Å²) in [5, 5.41) is 1.54. The van der Waals surface area contributed by atoms with Crippen molar-refractivity contribution < 1.29 is 9.59 Å². The number of thiazole rings is 1. The van der Waals surface area contributed by atoms with Crippen LogP contribution in [-0.2, 0) is 0 Å². The highest BCUT2D eigenvalue weighted by Crippen LogP contribution is 2.34. The fraction of sp³-hybridized carbons (Fsp3) is 0.174. The number of nitrogens with zero attached hydrogens (tertiary/aromatic N) is 3. The van der Waals surface area contributed by atoms with Crippen LogP contribution in [0.3, 0.4) is 0 Å². The number of rotatable bonds is 3. The van der Waals surface area contributed by atoms with E-state index < -0.39 is 0 Å². The first-order valence-corrected chi connectivity index (χ1v) is 11.9. The summed E-state index contributed by atoms with van der Waals surface area (Å²) in [6.07, 6.45) is 0. The predicted octanol–water partition coefficient (Wildman–Crippen LogP) is 5.28. The molecular weight excluding hydrogens is 450 g/mol. The molecule has 2 aromatic heterocycles. The number of thiophene rings is 1. The lowest BCUT2D eigenvalue weighted by Gasteiger charge is -2.34. The Kier molecular flexibility index (Phi) is 5.48. The van der Waals surface area contributed by atoms with Crippen molar-refractivity contribution in [1.29, 1.82) is 0 Å². The molecule has 1 aliphatic rings. The number of fused-ring (bicyclic) bond motifs is 1. The first-order valence-electron chi connectivity index (χ1n) is 9.88. The number of aromatic nitrogens is 1. The van der Waals surface area contributed by atoms with Crippen LogP contribution in [0.4, 0.5) is 0 Å². The highest BCUT2D eigenvalue weighted by molar-refractivity contribution is 7.26. The second-order valence-corrected chi connectivity index (χ2v) is 9.79. The minimum Gasteiger partial charge on any atom is -0.335 e. The molecule has 3 heterocycles. The highest BCUT2D eigenvalue weighted by Gasteiger charge is 2.26. The van der Waals surface area contributed by atoms with E-state index >= 15 is 0 Å². The van der Waals surface area contributed by atoms with Crippen LogP contribution in [-0.4, -0.2) is 52.8 Å². The highest BCUT2D eigenvalue weighted by atomic mass is 35.5. The Hall–Kier alpha value is -2.74. The van der Waals surface area contributed by atoms with Crippen LogP contribution in [0, 0.1) is 0 Å². The maximum Gasteiger partial charge on any atom is 0.264 e. The Labute approximate surface area is 192 Å². The van der Waals surface area contributed by atoms with Gasteiger partial charge in [-0.1, -0.05) is 23.7 Å². The molecule has 0 saturated carbocycles. The van der Waals surface area contributed by atoms with E-state index in [0.29, 0.717) is 41.6 Å². The van der Waals surface area contributed by atoms with Gasteiger partial charge in [-0.05, 0) is 48.5 Å². The Morgan fingerprint density at radius 1 is 0.806 bits per heavy atom. The molecule has 1 saturated heterocycles. The standard InChI is InChI=1S/C23H18ClN3O2S2/c24-16-7-5-15(6-8-16)22(28)26-11-13-27(14-12-26)23(29)20-10-9-19(30-20)21-25-17-3-1-2-4-18(17)31-21/h1-10H,11-14H2. The van der Waals surface area contributed by atoms with Gasteiger partial charge in [-0.2, -0.15) is 0 Å². The fourth-order valence-corrected chi connectivity index (χ4v) is 5.71. The van der Waals surface area contributed by atoms with Crippen molar-refractivity contribution >= 4 is 56.3 Å². The first kappa shape index (κ1) is 20.2. The summed E-state index contributed by atoms with van der Waals surface area (Å²) in [6, 6.07) is 18.8. The lowest BCUT2D eigenvalue weighted by atomic mass is 10.2. The molecular formula is C23H18ClN3O2S2. The Morgan fingerprint density at radius 2 is 1.48 bits per heavy atom. The van der Waals surface area contributed by atoms with Gasteiger partial charge in [0.2, 0.25) is 0 Å². The third-order valence-corrected chi connectivity index (χ3v) is 7.80. The number of hydrogen-bond acceptors (Lipinski definition) is 5. The topological polar surface area (TPSA) is 53.5 Å². The van der Waals surface area contributed by atoms with E-state index in [1.54, 1.807) is 40.5 Å². The van der Waals surface area contributed by atoms with Crippen molar-refractivity contribution in [2.24, 2.45) is 0 Å². The first-order chi connectivity index (χ1) is 15.1. The van der Waals surface area contributed by atoms with Gasteiger partial charge >= 0.3 is 0 Å². The molecule has 0 spiro atoms. The molecule has 1 fully saturated rings. The van der Waals surface area contributed by atoms with Crippen LogP contribution in [0.25, 0.3) is 20.1 Å². The Balaban J connectivity index is 1.24. The average Bonchev–Trinajstić information content (AvgIpc) is 3.46. The number of hydrogen-bond donors (Lipinski definition) is 0. The Bertz CT molecular complexity index is 1220. The minimum absolute atomic E-state index is 0.0101. The second-order valence-electron chi connectivity index (χ2n) is 7.24. The zero-order chi connectivity index (χ0) is 21.4. The molecule has 0 atom stereocenters. The molecule has 5 rings (SSSR count). The van der Waals surface area contributed by atoms with Crippen molar-refractivity contribution in [3.8, 4) is 9.88 Å². The van der Waals surface area contributed by atoms with Gasteiger partial charge in [0.25, 0.3) is 11.8 Å². The lowest BCUT2D eigenvalue weighted by Crippen LogP contribution is -2.50. The van der Waals surface area contributed by atoms with Crippen molar-refractivity contribution in [2.45, 2.75) is 0 Å². The van der Waals surface area contributed by atoms with Gasteiger partial charge in [0.15, 0.2) is 0 Å². The second kappa shape index (κ2) is 8.42. The third-order valence-electron chi connectivity index (χ3n) is 5.27.